The SMILES string of the molecule is Cc1ccc(S(=O)(=O)C2=CC(C)(C)OC23CCCC3)cc1. The van der Waals surface area contributed by atoms with Gasteiger partial charge in [0.15, 0.2) is 0 Å². The highest BCUT2D eigenvalue weighted by Crippen LogP contribution is 2.50. The number of hydrogen-bond donors (Lipinski definition) is 0. The molecular formula is C17H22O3S. The van der Waals surface area contributed by atoms with Crippen molar-refractivity contribution in [2.75, 3.05) is 0 Å². The Kier molecular flexibility index (Phi) is 3.30. The Labute approximate surface area is 126 Å². The molecule has 114 valence electrons. The molecule has 1 aromatic carbocycles. The van der Waals surface area contributed by atoms with E-state index in [1.54, 1.807) is 12.1 Å². The van der Waals surface area contributed by atoms with Gasteiger partial charge in [0.25, 0.3) is 0 Å². The van der Waals surface area contributed by atoms with Crippen LogP contribution in [0.1, 0.15) is 45.1 Å². The lowest BCUT2D eigenvalue weighted by Gasteiger charge is -2.30. The monoisotopic (exact) mass is 306 g/mol. The maximum Gasteiger partial charge on any atom is 0.205 e. The van der Waals surface area contributed by atoms with Gasteiger partial charge in [-0.3, -0.25) is 0 Å². The maximum absolute atomic E-state index is 13.0. The van der Waals surface area contributed by atoms with E-state index in [0.29, 0.717) is 9.80 Å². The molecule has 0 amide bonds. The van der Waals surface area contributed by atoms with Crippen LogP contribution < -0.4 is 0 Å². The maximum atomic E-state index is 13.0. The summed E-state index contributed by atoms with van der Waals surface area (Å²) in [6, 6.07) is 7.07. The van der Waals surface area contributed by atoms with Crippen LogP contribution in [0.2, 0.25) is 0 Å². The minimum atomic E-state index is -3.48. The third-order valence-electron chi connectivity index (χ3n) is 4.42. The second kappa shape index (κ2) is 4.68. The fourth-order valence-corrected chi connectivity index (χ4v) is 5.41. The molecule has 0 unspecified atom stereocenters. The average molecular weight is 306 g/mol. The quantitative estimate of drug-likeness (QED) is 0.835. The number of sulfone groups is 1. The summed E-state index contributed by atoms with van der Waals surface area (Å²) >= 11 is 0. The molecule has 1 aromatic rings. The summed E-state index contributed by atoms with van der Waals surface area (Å²) in [6.45, 7) is 5.82. The molecule has 0 aromatic heterocycles. The van der Waals surface area contributed by atoms with Crippen molar-refractivity contribution in [3.05, 3.63) is 40.8 Å². The fourth-order valence-electron chi connectivity index (χ4n) is 3.49. The first-order valence-corrected chi connectivity index (χ1v) is 8.99. The lowest BCUT2D eigenvalue weighted by atomic mass is 10.0. The van der Waals surface area contributed by atoms with Gasteiger partial charge in [-0.05, 0) is 51.8 Å². The third kappa shape index (κ3) is 2.44. The molecule has 1 heterocycles. The number of rotatable bonds is 2. The van der Waals surface area contributed by atoms with Crippen LogP contribution in [0, 0.1) is 6.92 Å². The third-order valence-corrected chi connectivity index (χ3v) is 6.38. The molecule has 1 fully saturated rings. The highest BCUT2D eigenvalue weighted by Gasteiger charge is 2.52. The molecule has 1 aliphatic carbocycles. The van der Waals surface area contributed by atoms with Gasteiger partial charge in [-0.25, -0.2) is 8.42 Å². The highest BCUT2D eigenvalue weighted by atomic mass is 32.2. The van der Waals surface area contributed by atoms with E-state index in [2.05, 4.69) is 0 Å². The van der Waals surface area contributed by atoms with Crippen molar-refractivity contribution in [2.45, 2.75) is 62.6 Å². The molecule has 2 aliphatic rings. The summed E-state index contributed by atoms with van der Waals surface area (Å²) in [5.74, 6) is 0. The van der Waals surface area contributed by atoms with Crippen LogP contribution in [0.5, 0.6) is 0 Å². The van der Waals surface area contributed by atoms with Crippen LogP contribution in [0.25, 0.3) is 0 Å². The highest BCUT2D eigenvalue weighted by molar-refractivity contribution is 7.95. The molecule has 4 heteroatoms. The summed E-state index contributed by atoms with van der Waals surface area (Å²) in [5.41, 5.74) is -0.0634. The van der Waals surface area contributed by atoms with Gasteiger partial charge in [0.1, 0.15) is 5.60 Å². The molecular weight excluding hydrogens is 284 g/mol. The van der Waals surface area contributed by atoms with Crippen molar-refractivity contribution in [3.63, 3.8) is 0 Å². The van der Waals surface area contributed by atoms with Gasteiger partial charge in [0, 0.05) is 0 Å². The van der Waals surface area contributed by atoms with Gasteiger partial charge < -0.3 is 4.74 Å². The molecule has 0 atom stereocenters. The van der Waals surface area contributed by atoms with Gasteiger partial charge in [0.05, 0.1) is 15.4 Å². The minimum absolute atomic E-state index is 0.368. The topological polar surface area (TPSA) is 43.4 Å². The van der Waals surface area contributed by atoms with Crippen molar-refractivity contribution in [2.24, 2.45) is 0 Å². The van der Waals surface area contributed by atoms with Gasteiger partial charge in [-0.15, -0.1) is 0 Å². The van der Waals surface area contributed by atoms with Crippen molar-refractivity contribution < 1.29 is 13.2 Å². The molecule has 1 spiro atoms. The van der Waals surface area contributed by atoms with Crippen LogP contribution in [0.3, 0.4) is 0 Å². The summed E-state index contributed by atoms with van der Waals surface area (Å²) in [5, 5.41) is 0. The number of ether oxygens (including phenoxy) is 1. The fraction of sp³-hybridized carbons (Fsp3) is 0.529. The molecule has 3 nitrogen and oxygen atoms in total. The van der Waals surface area contributed by atoms with E-state index in [1.165, 1.54) is 0 Å². The number of aryl methyl sites for hydroxylation is 1. The predicted molar refractivity (Wildman–Crippen MR) is 82.8 cm³/mol. The Bertz CT molecular complexity index is 675. The first-order valence-electron chi connectivity index (χ1n) is 7.51. The first kappa shape index (κ1) is 14.8. The molecule has 0 saturated heterocycles. The lowest BCUT2D eigenvalue weighted by molar-refractivity contribution is -0.0670. The van der Waals surface area contributed by atoms with Gasteiger partial charge in [0.2, 0.25) is 9.84 Å². The van der Waals surface area contributed by atoms with E-state index in [-0.39, 0.29) is 0 Å². The zero-order chi connectivity index (χ0) is 15.3. The van der Waals surface area contributed by atoms with Gasteiger partial charge in [-0.1, -0.05) is 30.5 Å². The molecule has 0 bridgehead atoms. The van der Waals surface area contributed by atoms with E-state index in [9.17, 15) is 8.42 Å². The van der Waals surface area contributed by atoms with Crippen LogP contribution in [0.4, 0.5) is 0 Å². The molecule has 1 aliphatic heterocycles. The smallest absolute Gasteiger partial charge is 0.205 e. The number of hydrogen-bond acceptors (Lipinski definition) is 3. The summed E-state index contributed by atoms with van der Waals surface area (Å²) in [6.07, 6.45) is 5.46. The summed E-state index contributed by atoms with van der Waals surface area (Å²) < 4.78 is 32.3. The molecule has 1 saturated carbocycles. The van der Waals surface area contributed by atoms with Gasteiger partial charge in [-0.2, -0.15) is 0 Å². The van der Waals surface area contributed by atoms with Crippen LogP contribution >= 0.6 is 0 Å². The standard InChI is InChI=1S/C17H22O3S/c1-13-6-8-14(9-7-13)21(18,19)15-12-16(2,3)20-17(15)10-4-5-11-17/h6-9,12H,4-5,10-11H2,1-3H3. The average Bonchev–Trinajstić information content (AvgIpc) is 2.95. The van der Waals surface area contributed by atoms with E-state index >= 15 is 0 Å². The van der Waals surface area contributed by atoms with Crippen molar-refractivity contribution in [1.29, 1.82) is 0 Å². The van der Waals surface area contributed by atoms with Crippen LogP contribution in [-0.4, -0.2) is 19.6 Å². The molecule has 3 rings (SSSR count). The van der Waals surface area contributed by atoms with E-state index in [0.717, 1.165) is 31.2 Å². The van der Waals surface area contributed by atoms with E-state index in [1.807, 2.05) is 39.0 Å². The van der Waals surface area contributed by atoms with E-state index < -0.39 is 21.0 Å². The Hall–Kier alpha value is -1.13. The largest absolute Gasteiger partial charge is 0.360 e. The van der Waals surface area contributed by atoms with Crippen molar-refractivity contribution >= 4 is 9.84 Å². The Balaban J connectivity index is 2.10. The summed E-state index contributed by atoms with van der Waals surface area (Å²) in [7, 11) is -3.48. The molecule has 0 N–H and O–H groups in total. The second-order valence-electron chi connectivity index (χ2n) is 6.73. The van der Waals surface area contributed by atoms with E-state index in [4.69, 9.17) is 4.74 Å². The zero-order valence-corrected chi connectivity index (χ0v) is 13.7. The normalized spacial score (nSPS) is 23.5. The number of benzene rings is 1. The Morgan fingerprint density at radius 2 is 1.62 bits per heavy atom. The zero-order valence-electron chi connectivity index (χ0n) is 12.8. The molecule has 21 heavy (non-hydrogen) atoms. The first-order chi connectivity index (χ1) is 9.75. The Morgan fingerprint density at radius 3 is 2.19 bits per heavy atom. The van der Waals surface area contributed by atoms with Crippen LogP contribution in [-0.2, 0) is 14.6 Å². The summed E-state index contributed by atoms with van der Waals surface area (Å²) in [4.78, 5) is 0.841. The van der Waals surface area contributed by atoms with Crippen molar-refractivity contribution in [1.82, 2.24) is 0 Å². The lowest BCUT2D eigenvalue weighted by Crippen LogP contribution is -2.34. The van der Waals surface area contributed by atoms with Crippen molar-refractivity contribution in [3.8, 4) is 0 Å². The minimum Gasteiger partial charge on any atom is -0.360 e. The van der Waals surface area contributed by atoms with Gasteiger partial charge >= 0.3 is 0 Å². The molecule has 0 radical (unpaired) electrons. The van der Waals surface area contributed by atoms with Crippen LogP contribution in [0.15, 0.2) is 40.1 Å². The second-order valence-corrected chi connectivity index (χ2v) is 8.65. The Morgan fingerprint density at radius 1 is 1.05 bits per heavy atom. The predicted octanol–water partition coefficient (Wildman–Crippen LogP) is 3.77.